The molecule has 76 valence electrons. The second-order valence-corrected chi connectivity index (χ2v) is 4.68. The molecule has 3 rings (SSSR count). The van der Waals surface area contributed by atoms with Gasteiger partial charge in [-0.25, -0.2) is 4.98 Å². The number of thiazole rings is 1. The summed E-state index contributed by atoms with van der Waals surface area (Å²) in [5, 5.41) is 2.93. The molecular formula is C11H10N2OS. The van der Waals surface area contributed by atoms with Crippen LogP contribution in [0.1, 0.15) is 12.8 Å². The highest BCUT2D eigenvalue weighted by Crippen LogP contribution is 2.30. The van der Waals surface area contributed by atoms with Crippen molar-refractivity contribution in [3.8, 4) is 0 Å². The quantitative estimate of drug-likeness (QED) is 0.842. The van der Waals surface area contributed by atoms with Crippen molar-refractivity contribution in [1.29, 1.82) is 0 Å². The molecule has 1 saturated carbocycles. The molecule has 4 heteroatoms. The fraction of sp³-hybridized carbons (Fsp3) is 0.273. The minimum Gasteiger partial charge on any atom is -0.326 e. The molecule has 1 amide bonds. The van der Waals surface area contributed by atoms with Gasteiger partial charge in [-0.1, -0.05) is 0 Å². The highest BCUT2D eigenvalue weighted by atomic mass is 32.1. The molecule has 2 aromatic rings. The minimum absolute atomic E-state index is 0.152. The largest absolute Gasteiger partial charge is 0.326 e. The van der Waals surface area contributed by atoms with Gasteiger partial charge in [0.1, 0.15) is 0 Å². The summed E-state index contributed by atoms with van der Waals surface area (Å²) in [5.74, 6) is 0.404. The molecule has 0 saturated heterocycles. The number of benzene rings is 1. The monoisotopic (exact) mass is 218 g/mol. The topological polar surface area (TPSA) is 42.0 Å². The van der Waals surface area contributed by atoms with Gasteiger partial charge in [0.15, 0.2) is 0 Å². The third-order valence-corrected chi connectivity index (χ3v) is 3.34. The first-order valence-electron chi connectivity index (χ1n) is 4.97. The Balaban J connectivity index is 1.86. The van der Waals surface area contributed by atoms with Crippen molar-refractivity contribution in [1.82, 2.24) is 4.98 Å². The zero-order chi connectivity index (χ0) is 10.3. The fourth-order valence-corrected chi connectivity index (χ4v) is 2.24. The molecule has 0 aliphatic heterocycles. The van der Waals surface area contributed by atoms with Crippen molar-refractivity contribution in [2.24, 2.45) is 5.92 Å². The van der Waals surface area contributed by atoms with Crippen LogP contribution < -0.4 is 5.32 Å². The Labute approximate surface area is 91.1 Å². The van der Waals surface area contributed by atoms with Crippen LogP contribution in [0.3, 0.4) is 0 Å². The van der Waals surface area contributed by atoms with E-state index in [2.05, 4.69) is 10.3 Å². The smallest absolute Gasteiger partial charge is 0.227 e. The molecule has 0 unspecified atom stereocenters. The van der Waals surface area contributed by atoms with E-state index in [0.717, 1.165) is 28.7 Å². The standard InChI is InChI=1S/C11H10N2OS/c14-11(7-1-2-7)13-8-3-4-9-10(5-8)15-6-12-9/h3-7H,1-2H2,(H,13,14). The maximum Gasteiger partial charge on any atom is 0.227 e. The number of nitrogens with zero attached hydrogens (tertiary/aromatic N) is 1. The highest BCUT2D eigenvalue weighted by Gasteiger charge is 2.29. The maximum atomic E-state index is 11.5. The first-order chi connectivity index (χ1) is 7.33. The summed E-state index contributed by atoms with van der Waals surface area (Å²) in [6.07, 6.45) is 2.07. The van der Waals surface area contributed by atoms with Crippen molar-refractivity contribution >= 4 is 33.1 Å². The number of hydrogen-bond donors (Lipinski definition) is 1. The molecule has 3 nitrogen and oxygen atoms in total. The van der Waals surface area contributed by atoms with E-state index >= 15 is 0 Å². The SMILES string of the molecule is O=C(Nc1ccc2ncsc2c1)C1CC1. The lowest BCUT2D eigenvalue weighted by Crippen LogP contribution is -2.12. The van der Waals surface area contributed by atoms with E-state index in [0.29, 0.717) is 0 Å². The Kier molecular flexibility index (Phi) is 1.95. The van der Waals surface area contributed by atoms with Gasteiger partial charge in [-0.15, -0.1) is 11.3 Å². The van der Waals surface area contributed by atoms with Crippen LogP contribution in [0.15, 0.2) is 23.7 Å². The summed E-state index contributed by atoms with van der Waals surface area (Å²) < 4.78 is 1.11. The molecule has 15 heavy (non-hydrogen) atoms. The average Bonchev–Trinajstić information content (AvgIpc) is 2.98. The van der Waals surface area contributed by atoms with Gasteiger partial charge in [0, 0.05) is 11.6 Å². The van der Waals surface area contributed by atoms with Crippen molar-refractivity contribution < 1.29 is 4.79 Å². The predicted molar refractivity (Wildman–Crippen MR) is 61.0 cm³/mol. The van der Waals surface area contributed by atoms with Gasteiger partial charge in [-0.2, -0.15) is 0 Å². The zero-order valence-electron chi connectivity index (χ0n) is 8.06. The van der Waals surface area contributed by atoms with E-state index < -0.39 is 0 Å². The molecule has 1 aromatic heterocycles. The van der Waals surface area contributed by atoms with Crippen molar-refractivity contribution in [2.75, 3.05) is 5.32 Å². The van der Waals surface area contributed by atoms with Gasteiger partial charge in [0.05, 0.1) is 15.7 Å². The lowest BCUT2D eigenvalue weighted by molar-refractivity contribution is -0.117. The lowest BCUT2D eigenvalue weighted by Gasteiger charge is -2.03. The first-order valence-corrected chi connectivity index (χ1v) is 5.85. The Morgan fingerprint density at radius 1 is 1.47 bits per heavy atom. The van der Waals surface area contributed by atoms with E-state index in [1.54, 1.807) is 11.3 Å². The van der Waals surface area contributed by atoms with Crippen LogP contribution in [0.25, 0.3) is 10.2 Å². The third kappa shape index (κ3) is 1.72. The number of fused-ring (bicyclic) bond motifs is 1. The normalized spacial score (nSPS) is 15.5. The summed E-state index contributed by atoms with van der Waals surface area (Å²) in [6, 6.07) is 5.82. The molecule has 1 heterocycles. The van der Waals surface area contributed by atoms with E-state index in [1.165, 1.54) is 0 Å². The second-order valence-electron chi connectivity index (χ2n) is 3.80. The third-order valence-electron chi connectivity index (χ3n) is 2.55. The molecule has 0 spiro atoms. The Morgan fingerprint density at radius 3 is 3.13 bits per heavy atom. The Hall–Kier alpha value is -1.42. The predicted octanol–water partition coefficient (Wildman–Crippen LogP) is 2.64. The number of rotatable bonds is 2. The number of nitrogens with one attached hydrogen (secondary N) is 1. The molecule has 0 bridgehead atoms. The number of amides is 1. The van der Waals surface area contributed by atoms with Gasteiger partial charge in [-0.3, -0.25) is 4.79 Å². The molecule has 1 N–H and O–H groups in total. The van der Waals surface area contributed by atoms with Crippen LogP contribution in [0.4, 0.5) is 5.69 Å². The molecule has 1 fully saturated rings. The maximum absolute atomic E-state index is 11.5. The number of carbonyl (C=O) groups is 1. The van der Waals surface area contributed by atoms with Crippen LogP contribution in [0, 0.1) is 5.92 Å². The van der Waals surface area contributed by atoms with Crippen molar-refractivity contribution in [2.45, 2.75) is 12.8 Å². The molecule has 0 radical (unpaired) electrons. The van der Waals surface area contributed by atoms with Gasteiger partial charge >= 0.3 is 0 Å². The highest BCUT2D eigenvalue weighted by molar-refractivity contribution is 7.16. The van der Waals surface area contributed by atoms with Crippen LogP contribution in [0.2, 0.25) is 0 Å². The van der Waals surface area contributed by atoms with E-state index in [1.807, 2.05) is 23.7 Å². The van der Waals surface area contributed by atoms with Crippen LogP contribution >= 0.6 is 11.3 Å². The molecule has 1 aromatic carbocycles. The number of carbonyl (C=O) groups excluding carboxylic acids is 1. The van der Waals surface area contributed by atoms with Crippen LogP contribution in [-0.4, -0.2) is 10.9 Å². The summed E-state index contributed by atoms with van der Waals surface area (Å²) in [7, 11) is 0. The molecule has 0 atom stereocenters. The summed E-state index contributed by atoms with van der Waals surface area (Å²) in [6.45, 7) is 0. The lowest BCUT2D eigenvalue weighted by atomic mass is 10.3. The summed E-state index contributed by atoms with van der Waals surface area (Å²) in [5.41, 5.74) is 3.69. The van der Waals surface area contributed by atoms with Crippen molar-refractivity contribution in [3.63, 3.8) is 0 Å². The van der Waals surface area contributed by atoms with E-state index in [-0.39, 0.29) is 11.8 Å². The molecule has 1 aliphatic carbocycles. The van der Waals surface area contributed by atoms with Gasteiger partial charge < -0.3 is 5.32 Å². The van der Waals surface area contributed by atoms with Crippen LogP contribution in [0.5, 0.6) is 0 Å². The minimum atomic E-state index is 0.152. The average molecular weight is 218 g/mol. The van der Waals surface area contributed by atoms with E-state index in [9.17, 15) is 4.79 Å². The fourth-order valence-electron chi connectivity index (χ4n) is 1.52. The molecular weight excluding hydrogens is 208 g/mol. The Bertz CT molecular complexity index is 516. The van der Waals surface area contributed by atoms with Gasteiger partial charge in [0.2, 0.25) is 5.91 Å². The zero-order valence-corrected chi connectivity index (χ0v) is 8.88. The molecule has 1 aliphatic rings. The number of aromatic nitrogens is 1. The summed E-state index contributed by atoms with van der Waals surface area (Å²) >= 11 is 1.59. The summed E-state index contributed by atoms with van der Waals surface area (Å²) in [4.78, 5) is 15.7. The van der Waals surface area contributed by atoms with E-state index in [4.69, 9.17) is 0 Å². The number of hydrogen-bond acceptors (Lipinski definition) is 3. The first kappa shape index (κ1) is 8.85. The Morgan fingerprint density at radius 2 is 2.33 bits per heavy atom. The number of anilines is 1. The van der Waals surface area contributed by atoms with Gasteiger partial charge in [0.25, 0.3) is 0 Å². The van der Waals surface area contributed by atoms with Gasteiger partial charge in [-0.05, 0) is 31.0 Å². The second kappa shape index (κ2) is 3.31. The van der Waals surface area contributed by atoms with Crippen molar-refractivity contribution in [3.05, 3.63) is 23.7 Å². The van der Waals surface area contributed by atoms with Crippen LogP contribution in [-0.2, 0) is 4.79 Å².